The van der Waals surface area contributed by atoms with Crippen LogP contribution in [-0.2, 0) is 27.3 Å². The van der Waals surface area contributed by atoms with Crippen molar-refractivity contribution in [3.05, 3.63) is 22.9 Å². The molecule has 1 atom stereocenters. The Hall–Kier alpha value is -3.18. The van der Waals surface area contributed by atoms with Gasteiger partial charge in [-0.1, -0.05) is 0 Å². The van der Waals surface area contributed by atoms with Gasteiger partial charge >= 0.3 is 30.3 Å². The number of hydrogen-bond acceptors (Lipinski definition) is 8. The maximum absolute atomic E-state index is 12.0. The Morgan fingerprint density at radius 3 is 1.92 bits per heavy atom. The molecule has 0 spiro atoms. The number of pyridine rings is 1. The van der Waals surface area contributed by atoms with Crippen LogP contribution in [-0.4, -0.2) is 119 Å². The largest absolute Gasteiger partial charge is 0.490 e. The zero-order valence-electron chi connectivity index (χ0n) is 20.8. The number of carboxylic acids is 3. The van der Waals surface area contributed by atoms with Crippen LogP contribution in [0.4, 0.5) is 32.2 Å². The van der Waals surface area contributed by atoms with Crippen LogP contribution in [0.1, 0.15) is 27.9 Å². The number of fused-ring (bicyclic) bond motifs is 1. The minimum Gasteiger partial charge on any atom is -0.478 e. The number of piperazine rings is 1. The van der Waals surface area contributed by atoms with Gasteiger partial charge in [0, 0.05) is 58.1 Å². The van der Waals surface area contributed by atoms with E-state index in [0.29, 0.717) is 17.4 Å². The van der Waals surface area contributed by atoms with Crippen molar-refractivity contribution in [1.82, 2.24) is 14.8 Å². The van der Waals surface area contributed by atoms with Gasteiger partial charge < -0.3 is 29.9 Å². The highest BCUT2D eigenvalue weighted by Gasteiger charge is 2.39. The Morgan fingerprint density at radius 1 is 0.949 bits per heavy atom. The quantitative estimate of drug-likeness (QED) is 0.456. The van der Waals surface area contributed by atoms with Gasteiger partial charge in [0.1, 0.15) is 11.4 Å². The molecule has 0 aliphatic carbocycles. The van der Waals surface area contributed by atoms with Gasteiger partial charge in [-0.25, -0.2) is 19.4 Å². The van der Waals surface area contributed by atoms with Crippen LogP contribution in [0.5, 0.6) is 0 Å². The molecule has 1 aromatic heterocycles. The van der Waals surface area contributed by atoms with Gasteiger partial charge in [0.05, 0.1) is 6.61 Å². The fourth-order valence-electron chi connectivity index (χ4n) is 4.16. The molecule has 3 N–H and O–H groups in total. The second kappa shape index (κ2) is 13.3. The SMILES string of the molecule is CN1CCN(c2ncc3c(c2C(=O)O)CCN(C2CCOC2)C3)CC1.O=C(O)C(F)(F)F.O=C(O)C(F)(F)F. The molecule has 2 fully saturated rings. The molecule has 1 aromatic rings. The second-order valence-corrected chi connectivity index (χ2v) is 8.90. The van der Waals surface area contributed by atoms with E-state index in [0.717, 1.165) is 76.5 Å². The number of alkyl halides is 6. The molecular formula is C22H28F6N4O7. The standard InChI is InChI=1S/C18H26N4O3.2C2HF3O2/c1-20-5-7-21(8-6-20)17-16(18(23)24)15-2-4-22(11-13(15)10-19-17)14-3-9-25-12-14;2*3-2(4,5)1(6)7/h10,14H,2-9,11-12H2,1H3,(H,23,24);2*(H,6,7). The predicted molar refractivity (Wildman–Crippen MR) is 122 cm³/mol. The lowest BCUT2D eigenvalue weighted by Crippen LogP contribution is -2.46. The van der Waals surface area contributed by atoms with E-state index < -0.39 is 30.3 Å². The molecule has 11 nitrogen and oxygen atoms in total. The molecule has 39 heavy (non-hydrogen) atoms. The molecule has 0 aromatic carbocycles. The zero-order chi connectivity index (χ0) is 29.5. The molecule has 0 amide bonds. The first-order valence-electron chi connectivity index (χ1n) is 11.6. The van der Waals surface area contributed by atoms with Gasteiger partial charge in [-0.15, -0.1) is 0 Å². The van der Waals surface area contributed by atoms with Crippen molar-refractivity contribution >= 4 is 23.7 Å². The summed E-state index contributed by atoms with van der Waals surface area (Å²) in [5.41, 5.74) is 2.46. The van der Waals surface area contributed by atoms with Crippen LogP contribution in [0.25, 0.3) is 0 Å². The average Bonchev–Trinajstić information content (AvgIpc) is 3.38. The van der Waals surface area contributed by atoms with E-state index >= 15 is 0 Å². The number of anilines is 1. The smallest absolute Gasteiger partial charge is 0.478 e. The maximum atomic E-state index is 12.0. The molecule has 3 aliphatic heterocycles. The lowest BCUT2D eigenvalue weighted by Gasteiger charge is -2.36. The summed E-state index contributed by atoms with van der Waals surface area (Å²) in [5, 5.41) is 24.1. The summed E-state index contributed by atoms with van der Waals surface area (Å²) >= 11 is 0. The Balaban J connectivity index is 0.000000317. The van der Waals surface area contributed by atoms with E-state index in [2.05, 4.69) is 26.7 Å². The third-order valence-corrected chi connectivity index (χ3v) is 6.20. The number of carbonyl (C=O) groups is 3. The Morgan fingerprint density at radius 2 is 1.49 bits per heavy atom. The molecule has 17 heteroatoms. The van der Waals surface area contributed by atoms with Gasteiger partial charge in [-0.3, -0.25) is 4.90 Å². The van der Waals surface area contributed by atoms with Crippen molar-refractivity contribution in [2.45, 2.75) is 37.8 Å². The molecule has 2 saturated heterocycles. The first-order valence-corrected chi connectivity index (χ1v) is 11.6. The summed E-state index contributed by atoms with van der Waals surface area (Å²) in [6.45, 7) is 6.82. The Labute approximate surface area is 218 Å². The lowest BCUT2D eigenvalue weighted by atomic mass is 9.94. The summed E-state index contributed by atoms with van der Waals surface area (Å²) in [5.74, 6) is -5.71. The summed E-state index contributed by atoms with van der Waals surface area (Å²) in [7, 11) is 2.09. The van der Waals surface area contributed by atoms with E-state index in [4.69, 9.17) is 24.5 Å². The molecule has 220 valence electrons. The number of halogens is 6. The van der Waals surface area contributed by atoms with Gasteiger partial charge in [-0.2, -0.15) is 26.3 Å². The van der Waals surface area contributed by atoms with Crippen molar-refractivity contribution in [1.29, 1.82) is 0 Å². The molecule has 1 unspecified atom stereocenters. The van der Waals surface area contributed by atoms with Gasteiger partial charge in [-0.05, 0) is 31.0 Å². The van der Waals surface area contributed by atoms with E-state index in [-0.39, 0.29) is 0 Å². The number of aliphatic carboxylic acids is 2. The number of rotatable bonds is 3. The minimum atomic E-state index is -5.08. The van der Waals surface area contributed by atoms with E-state index in [9.17, 15) is 36.2 Å². The highest BCUT2D eigenvalue weighted by molar-refractivity contribution is 5.95. The third-order valence-electron chi connectivity index (χ3n) is 6.20. The second-order valence-electron chi connectivity index (χ2n) is 8.90. The number of ether oxygens (including phenoxy) is 1. The Bertz CT molecular complexity index is 999. The molecule has 0 radical (unpaired) electrons. The fourth-order valence-corrected chi connectivity index (χ4v) is 4.16. The normalized spacial score (nSPS) is 20.2. The molecular weight excluding hydrogens is 546 g/mol. The van der Waals surface area contributed by atoms with Crippen molar-refractivity contribution < 1.29 is 60.8 Å². The van der Waals surface area contributed by atoms with Crippen LogP contribution in [0.3, 0.4) is 0 Å². The topological polar surface area (TPSA) is 144 Å². The van der Waals surface area contributed by atoms with Crippen molar-refractivity contribution in [3.8, 4) is 0 Å². The Kier molecular flexibility index (Phi) is 10.9. The number of hydrogen-bond donors (Lipinski definition) is 3. The monoisotopic (exact) mass is 574 g/mol. The molecule has 4 rings (SSSR count). The van der Waals surface area contributed by atoms with Crippen LogP contribution >= 0.6 is 0 Å². The van der Waals surface area contributed by atoms with Crippen LogP contribution < -0.4 is 4.90 Å². The summed E-state index contributed by atoms with van der Waals surface area (Å²) < 4.78 is 69.0. The number of aromatic carboxylic acids is 1. The fraction of sp³-hybridized carbons (Fsp3) is 0.636. The van der Waals surface area contributed by atoms with Gasteiger partial charge in [0.25, 0.3) is 0 Å². The highest BCUT2D eigenvalue weighted by atomic mass is 19.4. The van der Waals surface area contributed by atoms with E-state index in [1.54, 1.807) is 0 Å². The average molecular weight is 574 g/mol. The molecule has 0 saturated carbocycles. The number of likely N-dealkylation sites (N-methyl/N-ethyl adjacent to an activating group) is 1. The highest BCUT2D eigenvalue weighted by Crippen LogP contribution is 2.31. The molecule has 4 heterocycles. The first-order chi connectivity index (χ1) is 18.0. The number of nitrogens with zero attached hydrogens (tertiary/aromatic N) is 4. The van der Waals surface area contributed by atoms with Crippen LogP contribution in [0.15, 0.2) is 6.20 Å². The van der Waals surface area contributed by atoms with Gasteiger partial charge in [0.15, 0.2) is 0 Å². The van der Waals surface area contributed by atoms with E-state index in [1.165, 1.54) is 0 Å². The third kappa shape index (κ3) is 9.21. The van der Waals surface area contributed by atoms with Crippen molar-refractivity contribution in [2.75, 3.05) is 57.9 Å². The van der Waals surface area contributed by atoms with Crippen molar-refractivity contribution in [2.24, 2.45) is 0 Å². The maximum Gasteiger partial charge on any atom is 0.490 e. The summed E-state index contributed by atoms with van der Waals surface area (Å²) in [6.07, 6.45) is -6.43. The molecule has 0 bridgehead atoms. The van der Waals surface area contributed by atoms with Gasteiger partial charge in [0.2, 0.25) is 0 Å². The van der Waals surface area contributed by atoms with Crippen LogP contribution in [0.2, 0.25) is 0 Å². The van der Waals surface area contributed by atoms with E-state index in [1.807, 2.05) is 6.20 Å². The first kappa shape index (κ1) is 32.0. The summed E-state index contributed by atoms with van der Waals surface area (Å²) in [6, 6.07) is 0.457. The van der Waals surface area contributed by atoms with Crippen LogP contribution in [0, 0.1) is 0 Å². The summed E-state index contributed by atoms with van der Waals surface area (Å²) in [4.78, 5) is 41.2. The zero-order valence-corrected chi connectivity index (χ0v) is 20.8. The van der Waals surface area contributed by atoms with Crippen molar-refractivity contribution in [3.63, 3.8) is 0 Å². The minimum absolute atomic E-state index is 0.421. The molecule has 3 aliphatic rings. The lowest BCUT2D eigenvalue weighted by molar-refractivity contribution is -0.193. The number of aromatic nitrogens is 1. The predicted octanol–water partition coefficient (Wildman–Crippen LogP) is 1.95. The number of carboxylic acid groups (broad SMARTS) is 3.